The van der Waals surface area contributed by atoms with E-state index in [0.717, 1.165) is 39.2 Å². The van der Waals surface area contributed by atoms with Crippen molar-refractivity contribution in [3.8, 4) is 17.5 Å². The lowest BCUT2D eigenvalue weighted by molar-refractivity contribution is -0.111. The van der Waals surface area contributed by atoms with E-state index < -0.39 is 5.91 Å². The lowest BCUT2D eigenvalue weighted by Gasteiger charge is -2.09. The average molecular weight is 572 g/mol. The first-order chi connectivity index (χ1) is 20.3. The van der Waals surface area contributed by atoms with Crippen molar-refractivity contribution in [2.75, 3.05) is 5.32 Å². The first kappa shape index (κ1) is 28.3. The van der Waals surface area contributed by atoms with Crippen molar-refractivity contribution in [1.29, 1.82) is 5.26 Å². The van der Waals surface area contributed by atoms with Crippen molar-refractivity contribution in [2.24, 2.45) is 0 Å². The Kier molecular flexibility index (Phi) is 8.47. The molecule has 1 aromatic heterocycles. The molecule has 0 bridgehead atoms. The molecule has 0 fully saturated rings. The van der Waals surface area contributed by atoms with E-state index in [1.165, 1.54) is 4.57 Å². The molecule has 1 heterocycles. The minimum absolute atomic E-state index is 0.141. The predicted octanol–water partition coefficient (Wildman–Crippen LogP) is 5.55. The molecular formula is C35H29N3O3S. The van der Waals surface area contributed by atoms with Crippen molar-refractivity contribution in [1.82, 2.24) is 4.57 Å². The molecular weight excluding hydrogens is 542 g/mol. The zero-order valence-corrected chi connectivity index (χ0v) is 24.4. The molecule has 0 spiro atoms. The van der Waals surface area contributed by atoms with E-state index in [2.05, 4.69) is 11.4 Å². The van der Waals surface area contributed by atoms with Gasteiger partial charge in [0.1, 0.15) is 23.1 Å². The Labute approximate surface area is 248 Å². The molecule has 0 saturated carbocycles. The van der Waals surface area contributed by atoms with Gasteiger partial charge in [-0.3, -0.25) is 14.2 Å². The van der Waals surface area contributed by atoms with Gasteiger partial charge in [-0.05, 0) is 85.0 Å². The van der Waals surface area contributed by atoms with Crippen molar-refractivity contribution < 1.29 is 9.53 Å². The molecule has 0 aliphatic rings. The summed E-state index contributed by atoms with van der Waals surface area (Å²) in [5.41, 5.74) is 5.51. The number of amides is 1. The standard InChI is InChI=1S/C35H29N3O3S/c1-23-16-17-28(18-25(23)3)37-33(39)30(21-36)35-38(31-15-8-7-10-24(31)2)34(40)32(42-35)20-27-13-9-14-29(19-27)41-22-26-11-5-4-6-12-26/h4-20H,22H2,1-3H3,(H,37,39)/b32-20-,35-30-. The molecule has 0 atom stereocenters. The Morgan fingerprint density at radius 2 is 1.67 bits per heavy atom. The number of aromatic nitrogens is 1. The second kappa shape index (κ2) is 12.5. The summed E-state index contributed by atoms with van der Waals surface area (Å²) >= 11 is 1.11. The van der Waals surface area contributed by atoms with Crippen LogP contribution in [0.25, 0.3) is 17.3 Å². The number of hydrogen-bond donors (Lipinski definition) is 1. The van der Waals surface area contributed by atoms with Gasteiger partial charge in [-0.2, -0.15) is 5.26 Å². The summed E-state index contributed by atoms with van der Waals surface area (Å²) < 4.78 is 8.09. The third kappa shape index (κ3) is 6.25. The highest BCUT2D eigenvalue weighted by molar-refractivity contribution is 7.07. The Hall–Kier alpha value is -5.19. The van der Waals surface area contributed by atoms with Gasteiger partial charge in [0, 0.05) is 5.69 Å². The van der Waals surface area contributed by atoms with Crippen LogP contribution in [0.3, 0.4) is 0 Å². The fourth-order valence-electron chi connectivity index (χ4n) is 4.48. The highest BCUT2D eigenvalue weighted by atomic mass is 32.1. The maximum atomic E-state index is 13.9. The molecule has 0 aliphatic carbocycles. The van der Waals surface area contributed by atoms with Gasteiger partial charge in [0.05, 0.1) is 10.2 Å². The minimum atomic E-state index is -0.577. The number of nitrogens with zero attached hydrogens (tertiary/aromatic N) is 2. The Morgan fingerprint density at radius 1 is 0.905 bits per heavy atom. The molecule has 208 valence electrons. The molecule has 1 N–H and O–H groups in total. The molecule has 7 heteroatoms. The van der Waals surface area contributed by atoms with Crippen LogP contribution in [-0.4, -0.2) is 10.5 Å². The normalized spacial score (nSPS) is 12.0. The van der Waals surface area contributed by atoms with E-state index in [0.29, 0.717) is 28.3 Å². The smallest absolute Gasteiger partial charge is 0.273 e. The van der Waals surface area contributed by atoms with Crippen molar-refractivity contribution in [3.05, 3.63) is 144 Å². The van der Waals surface area contributed by atoms with Gasteiger partial charge >= 0.3 is 0 Å². The van der Waals surface area contributed by atoms with Crippen molar-refractivity contribution >= 4 is 34.6 Å². The first-order valence-electron chi connectivity index (χ1n) is 13.4. The molecule has 0 unspecified atom stereocenters. The topological polar surface area (TPSA) is 84.1 Å². The largest absolute Gasteiger partial charge is 0.489 e. The number of hydrogen-bond acceptors (Lipinski definition) is 5. The predicted molar refractivity (Wildman–Crippen MR) is 168 cm³/mol. The van der Waals surface area contributed by atoms with E-state index in [1.807, 2.05) is 112 Å². The number of benzene rings is 4. The fourth-order valence-corrected chi connectivity index (χ4v) is 5.57. The second-order valence-corrected chi connectivity index (χ2v) is 11.0. The fraction of sp³-hybridized carbons (Fsp3) is 0.114. The van der Waals surface area contributed by atoms with Crippen molar-refractivity contribution in [3.63, 3.8) is 0 Å². The summed E-state index contributed by atoms with van der Waals surface area (Å²) in [5, 5.41) is 13.0. The number of carbonyl (C=O) groups excluding carboxylic acids is 1. The van der Waals surface area contributed by atoms with Crippen LogP contribution in [0.1, 0.15) is 27.8 Å². The summed E-state index contributed by atoms with van der Waals surface area (Å²) in [6.07, 6.45) is 1.76. The Bertz CT molecular complexity index is 2000. The number of rotatable bonds is 7. The molecule has 5 rings (SSSR count). The van der Waals surface area contributed by atoms with Crippen LogP contribution in [0.4, 0.5) is 5.69 Å². The van der Waals surface area contributed by atoms with Gasteiger partial charge in [-0.25, -0.2) is 0 Å². The molecule has 5 aromatic rings. The maximum absolute atomic E-state index is 13.9. The van der Waals surface area contributed by atoms with Gasteiger partial charge in [0.15, 0.2) is 5.57 Å². The summed E-state index contributed by atoms with van der Waals surface area (Å²) in [4.78, 5) is 27.3. The van der Waals surface area contributed by atoms with Crippen LogP contribution in [0.15, 0.2) is 102 Å². The van der Waals surface area contributed by atoms with Crippen LogP contribution in [-0.2, 0) is 11.4 Å². The molecule has 1 amide bonds. The van der Waals surface area contributed by atoms with Crippen LogP contribution in [0, 0.1) is 32.1 Å². The van der Waals surface area contributed by atoms with Crippen LogP contribution >= 0.6 is 11.3 Å². The van der Waals surface area contributed by atoms with Crippen LogP contribution in [0.5, 0.6) is 5.75 Å². The van der Waals surface area contributed by atoms with Gasteiger partial charge < -0.3 is 10.1 Å². The monoisotopic (exact) mass is 571 g/mol. The van der Waals surface area contributed by atoms with Gasteiger partial charge in [-0.1, -0.05) is 66.7 Å². The summed E-state index contributed by atoms with van der Waals surface area (Å²) in [6.45, 7) is 6.26. The zero-order valence-electron chi connectivity index (χ0n) is 23.5. The molecule has 0 radical (unpaired) electrons. The molecule has 6 nitrogen and oxygen atoms in total. The number of nitriles is 1. The Morgan fingerprint density at radius 3 is 2.40 bits per heavy atom. The number of thiazole rings is 1. The number of nitrogens with one attached hydrogen (secondary N) is 1. The zero-order chi connectivity index (χ0) is 29.6. The highest BCUT2D eigenvalue weighted by Gasteiger charge is 2.18. The van der Waals surface area contributed by atoms with E-state index in [1.54, 1.807) is 12.1 Å². The molecule has 0 aliphatic heterocycles. The van der Waals surface area contributed by atoms with Crippen molar-refractivity contribution in [2.45, 2.75) is 27.4 Å². The lowest BCUT2D eigenvalue weighted by atomic mass is 10.1. The minimum Gasteiger partial charge on any atom is -0.489 e. The third-order valence-electron chi connectivity index (χ3n) is 6.90. The third-order valence-corrected chi connectivity index (χ3v) is 7.99. The summed E-state index contributed by atoms with van der Waals surface area (Å²) in [5.74, 6) is 0.0906. The van der Waals surface area contributed by atoms with E-state index in [-0.39, 0.29) is 15.8 Å². The van der Waals surface area contributed by atoms with E-state index in [4.69, 9.17) is 4.74 Å². The highest BCUT2D eigenvalue weighted by Crippen LogP contribution is 2.17. The Balaban J connectivity index is 1.61. The van der Waals surface area contributed by atoms with E-state index >= 15 is 0 Å². The number of para-hydroxylation sites is 1. The number of anilines is 1. The SMILES string of the molecule is Cc1ccc(NC(=O)/C(C#N)=c2\s/c(=C\c3cccc(OCc4ccccc4)c3)c(=O)n2-c2ccccc2C)cc1C. The van der Waals surface area contributed by atoms with Gasteiger partial charge in [-0.15, -0.1) is 11.3 Å². The number of aryl methyl sites for hydroxylation is 3. The lowest BCUT2D eigenvalue weighted by Crippen LogP contribution is -2.32. The van der Waals surface area contributed by atoms with Crippen LogP contribution in [0.2, 0.25) is 0 Å². The quantitative estimate of drug-likeness (QED) is 0.278. The average Bonchev–Trinajstić information content (AvgIpc) is 3.30. The van der Waals surface area contributed by atoms with E-state index in [9.17, 15) is 14.9 Å². The summed E-state index contributed by atoms with van der Waals surface area (Å²) in [7, 11) is 0. The summed E-state index contributed by atoms with van der Waals surface area (Å²) in [6, 6.07) is 32.4. The number of ether oxygens (including phenoxy) is 1. The van der Waals surface area contributed by atoms with Crippen LogP contribution < -0.4 is 24.8 Å². The maximum Gasteiger partial charge on any atom is 0.273 e. The molecule has 42 heavy (non-hydrogen) atoms. The first-order valence-corrected chi connectivity index (χ1v) is 14.2. The molecule has 0 saturated heterocycles. The van der Waals surface area contributed by atoms with Gasteiger partial charge in [0.2, 0.25) is 0 Å². The molecule has 4 aromatic carbocycles. The second-order valence-electron chi connectivity index (χ2n) is 9.93. The number of carbonyl (C=O) groups is 1. The van der Waals surface area contributed by atoms with Gasteiger partial charge in [0.25, 0.3) is 11.5 Å².